The lowest BCUT2D eigenvalue weighted by Crippen LogP contribution is -2.49. The summed E-state index contributed by atoms with van der Waals surface area (Å²) in [5.74, 6) is -0.0945. The summed E-state index contributed by atoms with van der Waals surface area (Å²) in [5.41, 5.74) is 1.93. The van der Waals surface area contributed by atoms with Gasteiger partial charge in [-0.05, 0) is 17.2 Å². The highest BCUT2D eigenvalue weighted by Gasteiger charge is 2.25. The van der Waals surface area contributed by atoms with Crippen LogP contribution in [0.15, 0.2) is 48.5 Å². The molecule has 1 aliphatic rings. The standard InChI is InChI=1S/C22H25Cl2N3O2/c1-16(28)25-20(17-6-3-2-4-7-17)14-21(29)27-12-10-26(11-13-27)15-18-8-5-9-19(23)22(18)24/h2-9,20H,10-15H2,1H3,(H,25,28). The molecule has 2 aromatic rings. The van der Waals surface area contributed by atoms with E-state index in [1.54, 1.807) is 6.07 Å². The number of piperazine rings is 1. The van der Waals surface area contributed by atoms with Gasteiger partial charge in [0.25, 0.3) is 0 Å². The van der Waals surface area contributed by atoms with E-state index in [0.717, 1.165) is 24.2 Å². The molecule has 1 atom stereocenters. The maximum absolute atomic E-state index is 12.8. The molecule has 7 heteroatoms. The molecule has 1 fully saturated rings. The summed E-state index contributed by atoms with van der Waals surface area (Å²) < 4.78 is 0. The molecule has 29 heavy (non-hydrogen) atoms. The Bertz CT molecular complexity index is 852. The lowest BCUT2D eigenvalue weighted by Gasteiger charge is -2.35. The van der Waals surface area contributed by atoms with Crippen LogP contribution in [-0.4, -0.2) is 47.8 Å². The van der Waals surface area contributed by atoms with Crippen LogP contribution in [0.4, 0.5) is 0 Å². The van der Waals surface area contributed by atoms with Gasteiger partial charge in [-0.1, -0.05) is 65.7 Å². The number of halogens is 2. The Morgan fingerprint density at radius 1 is 1.00 bits per heavy atom. The van der Waals surface area contributed by atoms with Crippen LogP contribution in [-0.2, 0) is 16.1 Å². The molecule has 1 unspecified atom stereocenters. The van der Waals surface area contributed by atoms with E-state index in [9.17, 15) is 9.59 Å². The maximum atomic E-state index is 12.8. The zero-order valence-electron chi connectivity index (χ0n) is 16.4. The average Bonchev–Trinajstić information content (AvgIpc) is 2.72. The summed E-state index contributed by atoms with van der Waals surface area (Å²) in [5, 5.41) is 4.04. The minimum atomic E-state index is -0.315. The summed E-state index contributed by atoms with van der Waals surface area (Å²) in [6.07, 6.45) is 0.254. The van der Waals surface area contributed by atoms with E-state index in [0.29, 0.717) is 29.7 Å². The fourth-order valence-corrected chi connectivity index (χ4v) is 3.93. The summed E-state index contributed by atoms with van der Waals surface area (Å²) in [6, 6.07) is 14.9. The smallest absolute Gasteiger partial charge is 0.225 e. The first kappa shape index (κ1) is 21.6. The van der Waals surface area contributed by atoms with Gasteiger partial charge in [0.2, 0.25) is 11.8 Å². The monoisotopic (exact) mass is 433 g/mol. The average molecular weight is 434 g/mol. The van der Waals surface area contributed by atoms with Gasteiger partial charge in [0.1, 0.15) is 0 Å². The fourth-order valence-electron chi connectivity index (χ4n) is 3.55. The van der Waals surface area contributed by atoms with Crippen molar-refractivity contribution in [3.63, 3.8) is 0 Å². The SMILES string of the molecule is CC(=O)NC(CC(=O)N1CCN(Cc2cccc(Cl)c2Cl)CC1)c1ccccc1. The minimum absolute atomic E-state index is 0.0491. The van der Waals surface area contributed by atoms with Crippen LogP contribution in [0.25, 0.3) is 0 Å². The molecule has 1 heterocycles. The van der Waals surface area contributed by atoms with E-state index in [4.69, 9.17) is 23.2 Å². The Labute approximate surface area is 181 Å². The van der Waals surface area contributed by atoms with Crippen molar-refractivity contribution in [2.75, 3.05) is 26.2 Å². The molecule has 0 bridgehead atoms. The molecule has 2 aromatic carbocycles. The Morgan fingerprint density at radius 2 is 1.69 bits per heavy atom. The van der Waals surface area contributed by atoms with Crippen molar-refractivity contribution in [2.24, 2.45) is 0 Å². The fraction of sp³-hybridized carbons (Fsp3) is 0.364. The highest BCUT2D eigenvalue weighted by molar-refractivity contribution is 6.42. The lowest BCUT2D eigenvalue weighted by molar-refractivity contribution is -0.133. The van der Waals surface area contributed by atoms with Crippen LogP contribution in [0, 0.1) is 0 Å². The molecule has 0 spiro atoms. The molecule has 0 aliphatic carbocycles. The number of carbonyl (C=O) groups excluding carboxylic acids is 2. The van der Waals surface area contributed by atoms with Crippen LogP contribution >= 0.6 is 23.2 Å². The van der Waals surface area contributed by atoms with E-state index in [1.807, 2.05) is 47.4 Å². The normalized spacial score (nSPS) is 15.8. The number of nitrogens with zero attached hydrogens (tertiary/aromatic N) is 2. The molecule has 1 N–H and O–H groups in total. The predicted molar refractivity (Wildman–Crippen MR) is 116 cm³/mol. The molecule has 1 saturated heterocycles. The maximum Gasteiger partial charge on any atom is 0.225 e. The second-order valence-electron chi connectivity index (χ2n) is 7.24. The first-order valence-corrected chi connectivity index (χ1v) is 10.4. The van der Waals surface area contributed by atoms with Crippen molar-refractivity contribution in [2.45, 2.75) is 25.9 Å². The summed E-state index contributed by atoms with van der Waals surface area (Å²) in [6.45, 7) is 5.02. The Hall–Kier alpha value is -2.08. The predicted octanol–water partition coefficient (Wildman–Crippen LogP) is 3.91. The molecular formula is C22H25Cl2N3O2. The quantitative estimate of drug-likeness (QED) is 0.751. The summed E-state index contributed by atoms with van der Waals surface area (Å²) in [4.78, 5) is 28.6. The van der Waals surface area contributed by atoms with Gasteiger partial charge in [0.05, 0.1) is 22.5 Å². The van der Waals surface area contributed by atoms with Crippen LogP contribution in [0.2, 0.25) is 10.0 Å². The Balaban J connectivity index is 1.56. The Morgan fingerprint density at radius 3 is 2.34 bits per heavy atom. The lowest BCUT2D eigenvalue weighted by atomic mass is 10.0. The van der Waals surface area contributed by atoms with Crippen molar-refractivity contribution < 1.29 is 9.59 Å². The number of nitrogens with one attached hydrogen (secondary N) is 1. The highest BCUT2D eigenvalue weighted by atomic mass is 35.5. The third-order valence-corrected chi connectivity index (χ3v) is 5.97. The van der Waals surface area contributed by atoms with Crippen LogP contribution in [0.1, 0.15) is 30.5 Å². The van der Waals surface area contributed by atoms with Gasteiger partial charge >= 0.3 is 0 Å². The summed E-state index contributed by atoms with van der Waals surface area (Å²) >= 11 is 12.4. The number of hydrogen-bond acceptors (Lipinski definition) is 3. The van der Waals surface area contributed by atoms with Crippen molar-refractivity contribution in [3.05, 3.63) is 69.7 Å². The molecular weight excluding hydrogens is 409 g/mol. The molecule has 1 aliphatic heterocycles. The molecule has 0 saturated carbocycles. The van der Waals surface area contributed by atoms with Crippen LogP contribution in [0.5, 0.6) is 0 Å². The largest absolute Gasteiger partial charge is 0.349 e. The first-order chi connectivity index (χ1) is 13.9. The zero-order valence-corrected chi connectivity index (χ0v) is 17.9. The van der Waals surface area contributed by atoms with Crippen molar-refractivity contribution >= 4 is 35.0 Å². The number of rotatable bonds is 6. The molecule has 154 valence electrons. The minimum Gasteiger partial charge on any atom is -0.349 e. The van der Waals surface area contributed by atoms with Crippen LogP contribution in [0.3, 0.4) is 0 Å². The van der Waals surface area contributed by atoms with E-state index >= 15 is 0 Å². The first-order valence-electron chi connectivity index (χ1n) is 9.69. The van der Waals surface area contributed by atoms with Crippen molar-refractivity contribution in [1.29, 1.82) is 0 Å². The van der Waals surface area contributed by atoms with E-state index in [-0.39, 0.29) is 24.3 Å². The molecule has 2 amide bonds. The number of hydrogen-bond donors (Lipinski definition) is 1. The van der Waals surface area contributed by atoms with E-state index in [1.165, 1.54) is 6.92 Å². The Kier molecular flexibility index (Phi) is 7.53. The van der Waals surface area contributed by atoms with Crippen molar-refractivity contribution in [1.82, 2.24) is 15.1 Å². The number of amides is 2. The van der Waals surface area contributed by atoms with E-state index in [2.05, 4.69) is 10.2 Å². The number of benzene rings is 2. The molecule has 0 aromatic heterocycles. The van der Waals surface area contributed by atoms with Gasteiger partial charge in [-0.15, -0.1) is 0 Å². The topological polar surface area (TPSA) is 52.7 Å². The van der Waals surface area contributed by atoms with E-state index < -0.39 is 0 Å². The van der Waals surface area contributed by atoms with Gasteiger partial charge in [-0.2, -0.15) is 0 Å². The van der Waals surface area contributed by atoms with Gasteiger partial charge < -0.3 is 10.2 Å². The third-order valence-electron chi connectivity index (χ3n) is 5.11. The number of carbonyl (C=O) groups is 2. The van der Waals surface area contributed by atoms with Crippen LogP contribution < -0.4 is 5.32 Å². The molecule has 0 radical (unpaired) electrons. The highest BCUT2D eigenvalue weighted by Crippen LogP contribution is 2.27. The van der Waals surface area contributed by atoms with Gasteiger partial charge in [0.15, 0.2) is 0 Å². The second-order valence-corrected chi connectivity index (χ2v) is 8.02. The summed E-state index contributed by atoms with van der Waals surface area (Å²) in [7, 11) is 0. The molecule has 5 nitrogen and oxygen atoms in total. The van der Waals surface area contributed by atoms with Gasteiger partial charge in [-0.25, -0.2) is 0 Å². The second kappa shape index (κ2) is 10.1. The zero-order chi connectivity index (χ0) is 20.8. The molecule has 3 rings (SSSR count). The van der Waals surface area contributed by atoms with Gasteiger partial charge in [0, 0.05) is 39.6 Å². The van der Waals surface area contributed by atoms with Crippen molar-refractivity contribution in [3.8, 4) is 0 Å². The van der Waals surface area contributed by atoms with Gasteiger partial charge in [-0.3, -0.25) is 14.5 Å². The third kappa shape index (κ3) is 5.95.